The molecule has 1 unspecified atom stereocenters. The molecule has 2 N–H and O–H groups in total. The van der Waals surface area contributed by atoms with Gasteiger partial charge in [0.25, 0.3) is 0 Å². The van der Waals surface area contributed by atoms with Crippen LogP contribution < -0.4 is 15.5 Å². The summed E-state index contributed by atoms with van der Waals surface area (Å²) < 4.78 is 1.93. The van der Waals surface area contributed by atoms with Gasteiger partial charge < -0.3 is 15.5 Å². The van der Waals surface area contributed by atoms with Crippen molar-refractivity contribution in [3.8, 4) is 0 Å². The maximum Gasteiger partial charge on any atom is 0.191 e. The summed E-state index contributed by atoms with van der Waals surface area (Å²) in [5, 5.41) is 11.4. The molecule has 2 aromatic rings. The second kappa shape index (κ2) is 9.96. The molecule has 2 heterocycles. The molecule has 1 aromatic carbocycles. The molecule has 1 aromatic heterocycles. The van der Waals surface area contributed by atoms with E-state index in [-0.39, 0.29) is 24.0 Å². The van der Waals surface area contributed by atoms with Crippen LogP contribution >= 0.6 is 24.0 Å². The average molecular weight is 482 g/mol. The van der Waals surface area contributed by atoms with Gasteiger partial charge in [-0.1, -0.05) is 18.2 Å². The van der Waals surface area contributed by atoms with Crippen molar-refractivity contribution in [3.63, 3.8) is 0 Å². The van der Waals surface area contributed by atoms with Crippen LogP contribution in [0.1, 0.15) is 23.4 Å². The van der Waals surface area contributed by atoms with E-state index in [1.54, 1.807) is 0 Å². The number of aryl methyl sites for hydroxylation is 2. The summed E-state index contributed by atoms with van der Waals surface area (Å²) in [5.74, 6) is 1.49. The zero-order valence-corrected chi connectivity index (χ0v) is 19.0. The minimum atomic E-state index is 0. The van der Waals surface area contributed by atoms with E-state index in [0.29, 0.717) is 5.92 Å². The zero-order chi connectivity index (χ0) is 18.5. The Labute approximate surface area is 179 Å². The molecule has 0 saturated carbocycles. The number of nitrogens with one attached hydrogen (secondary N) is 2. The normalized spacial score (nSPS) is 17.0. The average Bonchev–Trinajstić information content (AvgIpc) is 3.22. The summed E-state index contributed by atoms with van der Waals surface area (Å²) >= 11 is 0. The van der Waals surface area contributed by atoms with Crippen LogP contribution in [0.2, 0.25) is 0 Å². The van der Waals surface area contributed by atoms with E-state index in [1.807, 2.05) is 18.8 Å². The highest BCUT2D eigenvalue weighted by atomic mass is 127. The van der Waals surface area contributed by atoms with Crippen molar-refractivity contribution in [3.05, 3.63) is 47.3 Å². The van der Waals surface area contributed by atoms with E-state index in [1.165, 1.54) is 23.4 Å². The Morgan fingerprint density at radius 3 is 2.59 bits per heavy atom. The van der Waals surface area contributed by atoms with E-state index in [4.69, 9.17) is 0 Å². The van der Waals surface area contributed by atoms with Gasteiger partial charge >= 0.3 is 0 Å². The Morgan fingerprint density at radius 2 is 1.96 bits per heavy atom. The molecule has 0 spiro atoms. The fourth-order valence-electron chi connectivity index (χ4n) is 3.58. The maximum absolute atomic E-state index is 4.47. The third-order valence-corrected chi connectivity index (χ3v) is 5.28. The summed E-state index contributed by atoms with van der Waals surface area (Å²) in [6, 6.07) is 10.7. The molecule has 1 aliphatic heterocycles. The Hall–Kier alpha value is -1.77. The lowest BCUT2D eigenvalue weighted by atomic mass is 10.1. The zero-order valence-electron chi connectivity index (χ0n) is 16.7. The number of benzene rings is 1. The number of guanidine groups is 1. The van der Waals surface area contributed by atoms with Crippen molar-refractivity contribution in [2.24, 2.45) is 18.0 Å². The Morgan fingerprint density at radius 1 is 1.22 bits per heavy atom. The quantitative estimate of drug-likeness (QED) is 0.391. The van der Waals surface area contributed by atoms with E-state index in [9.17, 15) is 0 Å². The van der Waals surface area contributed by atoms with Gasteiger partial charge in [0.15, 0.2) is 5.96 Å². The third-order valence-electron chi connectivity index (χ3n) is 5.28. The molecule has 0 aliphatic carbocycles. The molecule has 1 atom stereocenters. The topological polar surface area (TPSA) is 57.5 Å². The predicted molar refractivity (Wildman–Crippen MR) is 123 cm³/mol. The van der Waals surface area contributed by atoms with E-state index < -0.39 is 0 Å². The molecule has 1 aliphatic rings. The largest absolute Gasteiger partial charge is 0.371 e. The summed E-state index contributed by atoms with van der Waals surface area (Å²) in [6.07, 6.45) is 1.21. The highest BCUT2D eigenvalue weighted by Gasteiger charge is 2.22. The summed E-state index contributed by atoms with van der Waals surface area (Å²) in [7, 11) is 3.81. The molecule has 27 heavy (non-hydrogen) atoms. The lowest BCUT2D eigenvalue weighted by molar-refractivity contribution is 0.565. The number of anilines is 1. The standard InChI is InChI=1S/C20H30N6.HI/c1-15-19(16(2)25(4)24-15)13-23-20(21-3)22-12-17-10-11-26(14-17)18-8-6-5-7-9-18;/h5-9,17H,10-14H2,1-4H3,(H2,21,22,23);1H. The predicted octanol–water partition coefficient (Wildman–Crippen LogP) is 2.85. The number of para-hydroxylation sites is 1. The van der Waals surface area contributed by atoms with Crippen molar-refractivity contribution in [1.82, 2.24) is 20.4 Å². The van der Waals surface area contributed by atoms with Gasteiger partial charge in [-0.2, -0.15) is 5.10 Å². The maximum atomic E-state index is 4.47. The van der Waals surface area contributed by atoms with Crippen LogP contribution in [0.3, 0.4) is 0 Å². The lowest BCUT2D eigenvalue weighted by Gasteiger charge is -2.19. The number of aromatic nitrogens is 2. The number of rotatable bonds is 5. The van der Waals surface area contributed by atoms with Crippen LogP contribution in [0.4, 0.5) is 5.69 Å². The second-order valence-electron chi connectivity index (χ2n) is 7.02. The summed E-state index contributed by atoms with van der Waals surface area (Å²) in [6.45, 7) is 8.05. The monoisotopic (exact) mass is 482 g/mol. The van der Waals surface area contributed by atoms with Gasteiger partial charge in [-0.25, -0.2) is 0 Å². The molecule has 1 saturated heterocycles. The molecule has 6 nitrogen and oxygen atoms in total. The molecular formula is C20H31IN6. The van der Waals surface area contributed by atoms with Crippen LogP contribution in [0, 0.1) is 19.8 Å². The fraction of sp³-hybridized carbons (Fsp3) is 0.500. The van der Waals surface area contributed by atoms with Gasteiger partial charge in [0.05, 0.1) is 5.69 Å². The van der Waals surface area contributed by atoms with Crippen molar-refractivity contribution >= 4 is 35.6 Å². The van der Waals surface area contributed by atoms with Crippen LogP contribution in [-0.4, -0.2) is 42.4 Å². The van der Waals surface area contributed by atoms with Crippen molar-refractivity contribution < 1.29 is 0 Å². The van der Waals surface area contributed by atoms with Crippen molar-refractivity contribution in [2.45, 2.75) is 26.8 Å². The van der Waals surface area contributed by atoms with Crippen LogP contribution in [-0.2, 0) is 13.6 Å². The first-order valence-corrected chi connectivity index (χ1v) is 9.32. The summed E-state index contributed by atoms with van der Waals surface area (Å²) in [5.41, 5.74) is 4.83. The molecule has 0 amide bonds. The highest BCUT2D eigenvalue weighted by molar-refractivity contribution is 14.0. The lowest BCUT2D eigenvalue weighted by Crippen LogP contribution is -2.40. The van der Waals surface area contributed by atoms with E-state index >= 15 is 0 Å². The molecule has 7 heteroatoms. The van der Waals surface area contributed by atoms with Gasteiger partial charge in [-0.3, -0.25) is 9.67 Å². The van der Waals surface area contributed by atoms with Gasteiger partial charge in [0.1, 0.15) is 0 Å². The Kier molecular flexibility index (Phi) is 7.94. The van der Waals surface area contributed by atoms with Crippen molar-refractivity contribution in [2.75, 3.05) is 31.6 Å². The summed E-state index contributed by atoms with van der Waals surface area (Å²) in [4.78, 5) is 6.82. The number of nitrogens with zero attached hydrogens (tertiary/aromatic N) is 4. The minimum absolute atomic E-state index is 0. The third kappa shape index (κ3) is 5.37. The second-order valence-corrected chi connectivity index (χ2v) is 7.02. The molecule has 0 bridgehead atoms. The minimum Gasteiger partial charge on any atom is -0.371 e. The highest BCUT2D eigenvalue weighted by Crippen LogP contribution is 2.22. The van der Waals surface area contributed by atoms with Gasteiger partial charge in [0.2, 0.25) is 0 Å². The number of hydrogen-bond acceptors (Lipinski definition) is 3. The van der Waals surface area contributed by atoms with E-state index in [2.05, 4.69) is 69.8 Å². The SMILES string of the molecule is CN=C(NCc1c(C)nn(C)c1C)NCC1CCN(c2ccccc2)C1.I. The van der Waals surface area contributed by atoms with Crippen LogP contribution in [0.25, 0.3) is 0 Å². The molecule has 1 fully saturated rings. The Bertz CT molecular complexity index is 755. The van der Waals surface area contributed by atoms with Gasteiger partial charge in [-0.15, -0.1) is 24.0 Å². The van der Waals surface area contributed by atoms with Crippen LogP contribution in [0.5, 0.6) is 0 Å². The van der Waals surface area contributed by atoms with Crippen LogP contribution in [0.15, 0.2) is 35.3 Å². The Balaban J connectivity index is 0.00000261. The molecular weight excluding hydrogens is 451 g/mol. The number of halogens is 1. The first-order valence-electron chi connectivity index (χ1n) is 9.32. The van der Waals surface area contributed by atoms with Gasteiger partial charge in [-0.05, 0) is 38.3 Å². The fourth-order valence-corrected chi connectivity index (χ4v) is 3.58. The van der Waals surface area contributed by atoms with E-state index in [0.717, 1.165) is 37.8 Å². The van der Waals surface area contributed by atoms with Gasteiger partial charge in [0, 0.05) is 57.2 Å². The molecule has 3 rings (SSSR count). The number of hydrogen-bond donors (Lipinski definition) is 2. The molecule has 0 radical (unpaired) electrons. The first kappa shape index (κ1) is 21.5. The smallest absolute Gasteiger partial charge is 0.191 e. The molecule has 148 valence electrons. The number of aliphatic imine (C=N–C) groups is 1. The van der Waals surface area contributed by atoms with Crippen molar-refractivity contribution in [1.29, 1.82) is 0 Å². The first-order chi connectivity index (χ1) is 12.6.